The monoisotopic (exact) mass is 336 g/mol. The van der Waals surface area contributed by atoms with Crippen molar-refractivity contribution in [3.8, 4) is 11.5 Å². The number of methoxy groups -OCH3 is 2. The van der Waals surface area contributed by atoms with Gasteiger partial charge in [0.25, 0.3) is 0 Å². The standard InChI is InChI=1S/C17H20O5S/c1-5-22-17(19)10(2)6-12(18)16-8-11-7-13(20-3)14(21-4)9-15(11)23-16/h7-10H,5-6H2,1-4H3. The predicted octanol–water partition coefficient (Wildman–Crippen LogP) is 3.69. The minimum atomic E-state index is -0.447. The van der Waals surface area contributed by atoms with Crippen LogP contribution in [0, 0.1) is 5.92 Å². The molecule has 0 aliphatic rings. The van der Waals surface area contributed by atoms with Crippen molar-refractivity contribution in [3.05, 3.63) is 23.1 Å². The van der Waals surface area contributed by atoms with Gasteiger partial charge in [0.1, 0.15) is 0 Å². The van der Waals surface area contributed by atoms with Gasteiger partial charge in [-0.3, -0.25) is 9.59 Å². The number of thiophene rings is 1. The molecule has 1 heterocycles. The Kier molecular flexibility index (Phi) is 5.60. The topological polar surface area (TPSA) is 61.8 Å². The summed E-state index contributed by atoms with van der Waals surface area (Å²) < 4.78 is 16.4. The molecular formula is C17H20O5S. The molecule has 6 heteroatoms. The molecule has 2 rings (SSSR count). The molecule has 0 fully saturated rings. The van der Waals surface area contributed by atoms with Crippen LogP contribution in [0.4, 0.5) is 0 Å². The molecule has 2 aromatic rings. The Balaban J connectivity index is 2.23. The number of Topliss-reactive ketones (excluding diaryl/α,β-unsaturated/α-hetero) is 1. The predicted molar refractivity (Wildman–Crippen MR) is 89.7 cm³/mol. The van der Waals surface area contributed by atoms with Crippen molar-refractivity contribution in [2.45, 2.75) is 20.3 Å². The van der Waals surface area contributed by atoms with Gasteiger partial charge < -0.3 is 14.2 Å². The summed E-state index contributed by atoms with van der Waals surface area (Å²) in [6.45, 7) is 3.77. The van der Waals surface area contributed by atoms with Gasteiger partial charge in [-0.1, -0.05) is 6.92 Å². The van der Waals surface area contributed by atoms with Gasteiger partial charge in [-0.25, -0.2) is 0 Å². The third-order valence-electron chi connectivity index (χ3n) is 3.48. The summed E-state index contributed by atoms with van der Waals surface area (Å²) in [5, 5.41) is 0.916. The van der Waals surface area contributed by atoms with E-state index in [1.165, 1.54) is 11.3 Å². The van der Waals surface area contributed by atoms with Crippen LogP contribution in [0.5, 0.6) is 11.5 Å². The van der Waals surface area contributed by atoms with Gasteiger partial charge in [0.15, 0.2) is 17.3 Å². The highest BCUT2D eigenvalue weighted by Gasteiger charge is 2.21. The second-order valence-electron chi connectivity index (χ2n) is 5.14. The summed E-state index contributed by atoms with van der Waals surface area (Å²) in [6.07, 6.45) is 0.139. The van der Waals surface area contributed by atoms with Gasteiger partial charge in [-0.2, -0.15) is 0 Å². The van der Waals surface area contributed by atoms with Gasteiger partial charge in [0.2, 0.25) is 0 Å². The number of ketones is 1. The van der Waals surface area contributed by atoms with Crippen LogP contribution in [-0.4, -0.2) is 32.6 Å². The van der Waals surface area contributed by atoms with Crippen LogP contribution in [0.15, 0.2) is 18.2 Å². The SMILES string of the molecule is CCOC(=O)C(C)CC(=O)c1cc2cc(OC)c(OC)cc2s1. The van der Waals surface area contributed by atoms with Gasteiger partial charge in [0, 0.05) is 17.2 Å². The number of ether oxygens (including phenoxy) is 3. The quantitative estimate of drug-likeness (QED) is 0.570. The molecule has 0 saturated heterocycles. The Labute approximate surface area is 139 Å². The Hall–Kier alpha value is -2.08. The normalized spacial score (nSPS) is 12.0. The molecule has 0 radical (unpaired) electrons. The fourth-order valence-electron chi connectivity index (χ4n) is 2.25. The lowest BCUT2D eigenvalue weighted by Crippen LogP contribution is -2.17. The van der Waals surface area contributed by atoms with Crippen LogP contribution >= 0.6 is 11.3 Å². The molecule has 0 amide bonds. The largest absolute Gasteiger partial charge is 0.493 e. The van der Waals surface area contributed by atoms with E-state index in [9.17, 15) is 9.59 Å². The average molecular weight is 336 g/mol. The molecule has 1 aromatic carbocycles. The van der Waals surface area contributed by atoms with E-state index in [-0.39, 0.29) is 18.2 Å². The number of rotatable bonds is 7. The summed E-state index contributed by atoms with van der Waals surface area (Å²) in [6, 6.07) is 5.52. The maximum Gasteiger partial charge on any atom is 0.309 e. The Morgan fingerprint density at radius 1 is 1.13 bits per heavy atom. The fraction of sp³-hybridized carbons (Fsp3) is 0.412. The Bertz CT molecular complexity index is 678. The molecule has 0 N–H and O–H groups in total. The highest BCUT2D eigenvalue weighted by Crippen LogP contribution is 2.36. The van der Waals surface area contributed by atoms with Crippen LogP contribution in [-0.2, 0) is 9.53 Å². The van der Waals surface area contributed by atoms with Crippen LogP contribution in [0.25, 0.3) is 10.1 Å². The van der Waals surface area contributed by atoms with E-state index in [1.807, 2.05) is 18.2 Å². The fourth-order valence-corrected chi connectivity index (χ4v) is 3.27. The maximum atomic E-state index is 12.4. The lowest BCUT2D eigenvalue weighted by atomic mass is 10.0. The second kappa shape index (κ2) is 7.46. The molecule has 1 aromatic heterocycles. The Morgan fingerprint density at radius 2 is 1.78 bits per heavy atom. The third kappa shape index (κ3) is 3.82. The molecule has 1 atom stereocenters. The highest BCUT2D eigenvalue weighted by atomic mass is 32.1. The van der Waals surface area contributed by atoms with Crippen molar-refractivity contribution >= 4 is 33.2 Å². The first-order valence-electron chi connectivity index (χ1n) is 7.35. The van der Waals surface area contributed by atoms with Gasteiger partial charge in [-0.05, 0) is 24.4 Å². The molecule has 0 aliphatic heterocycles. The molecule has 124 valence electrons. The first-order valence-corrected chi connectivity index (χ1v) is 8.17. The lowest BCUT2D eigenvalue weighted by Gasteiger charge is -2.08. The van der Waals surface area contributed by atoms with Gasteiger partial charge in [0.05, 0.1) is 31.6 Å². The van der Waals surface area contributed by atoms with Gasteiger partial charge in [-0.15, -0.1) is 11.3 Å². The molecule has 23 heavy (non-hydrogen) atoms. The van der Waals surface area contributed by atoms with E-state index in [0.717, 1.165) is 10.1 Å². The third-order valence-corrected chi connectivity index (χ3v) is 4.62. The van der Waals surface area contributed by atoms with E-state index in [0.29, 0.717) is 23.0 Å². The lowest BCUT2D eigenvalue weighted by molar-refractivity contribution is -0.147. The molecule has 1 unspecified atom stereocenters. The van der Waals surface area contributed by atoms with E-state index >= 15 is 0 Å². The van der Waals surface area contributed by atoms with Crippen molar-refractivity contribution in [1.29, 1.82) is 0 Å². The summed E-state index contributed by atoms with van der Waals surface area (Å²) in [5.41, 5.74) is 0. The zero-order chi connectivity index (χ0) is 17.0. The molecule has 0 bridgehead atoms. The van der Waals surface area contributed by atoms with Crippen molar-refractivity contribution in [2.24, 2.45) is 5.92 Å². The number of esters is 1. The number of carbonyl (C=O) groups is 2. The number of fused-ring (bicyclic) bond motifs is 1. The zero-order valence-electron chi connectivity index (χ0n) is 13.7. The highest BCUT2D eigenvalue weighted by molar-refractivity contribution is 7.20. The summed E-state index contributed by atoms with van der Waals surface area (Å²) in [5.74, 6) is 0.393. The van der Waals surface area contributed by atoms with Gasteiger partial charge >= 0.3 is 5.97 Å². The van der Waals surface area contributed by atoms with E-state index < -0.39 is 5.92 Å². The number of benzene rings is 1. The molecule has 5 nitrogen and oxygen atoms in total. The zero-order valence-corrected chi connectivity index (χ0v) is 14.5. The molecule has 0 spiro atoms. The van der Waals surface area contributed by atoms with E-state index in [1.54, 1.807) is 28.1 Å². The van der Waals surface area contributed by atoms with E-state index in [4.69, 9.17) is 14.2 Å². The molecule has 0 aliphatic carbocycles. The van der Waals surface area contributed by atoms with Crippen LogP contribution in [0.1, 0.15) is 29.9 Å². The molecular weight excluding hydrogens is 316 g/mol. The first kappa shape index (κ1) is 17.3. The minimum absolute atomic E-state index is 0.0651. The van der Waals surface area contributed by atoms with Crippen LogP contribution in [0.2, 0.25) is 0 Å². The molecule has 0 saturated carbocycles. The number of hydrogen-bond acceptors (Lipinski definition) is 6. The first-order chi connectivity index (χ1) is 11.0. The van der Waals surface area contributed by atoms with Crippen molar-refractivity contribution in [3.63, 3.8) is 0 Å². The van der Waals surface area contributed by atoms with Crippen molar-refractivity contribution in [2.75, 3.05) is 20.8 Å². The van der Waals surface area contributed by atoms with Crippen molar-refractivity contribution < 1.29 is 23.8 Å². The summed E-state index contributed by atoms with van der Waals surface area (Å²) in [4.78, 5) is 24.6. The van der Waals surface area contributed by atoms with Crippen molar-refractivity contribution in [1.82, 2.24) is 0 Å². The summed E-state index contributed by atoms with van der Waals surface area (Å²) >= 11 is 1.38. The minimum Gasteiger partial charge on any atom is -0.493 e. The second-order valence-corrected chi connectivity index (χ2v) is 6.22. The average Bonchev–Trinajstić information content (AvgIpc) is 2.96. The van der Waals surface area contributed by atoms with Crippen LogP contribution < -0.4 is 9.47 Å². The smallest absolute Gasteiger partial charge is 0.309 e. The number of hydrogen-bond donors (Lipinski definition) is 0. The maximum absolute atomic E-state index is 12.4. The summed E-state index contributed by atoms with van der Waals surface area (Å²) in [7, 11) is 3.15. The Morgan fingerprint density at radius 3 is 2.39 bits per heavy atom. The van der Waals surface area contributed by atoms with E-state index in [2.05, 4.69) is 0 Å². The number of carbonyl (C=O) groups excluding carboxylic acids is 2. The van der Waals surface area contributed by atoms with Crippen LogP contribution in [0.3, 0.4) is 0 Å².